The van der Waals surface area contributed by atoms with Gasteiger partial charge in [-0.25, -0.2) is 26.3 Å². The molecule has 0 heterocycles. The predicted molar refractivity (Wildman–Crippen MR) is 84.4 cm³/mol. The topological polar surface area (TPSA) is 49.4 Å². The Kier molecular flexibility index (Phi) is 5.63. The van der Waals surface area contributed by atoms with Crippen LogP contribution in [0, 0.1) is 17.5 Å². The fourth-order valence-corrected chi connectivity index (χ4v) is 3.35. The highest BCUT2D eigenvalue weighted by molar-refractivity contribution is 7.89. The summed E-state index contributed by atoms with van der Waals surface area (Å²) in [6.07, 6.45) is 0. The van der Waals surface area contributed by atoms with Gasteiger partial charge in [0.15, 0.2) is 0 Å². The number of benzene rings is 2. The third kappa shape index (κ3) is 4.56. The molecule has 0 amide bonds. The second-order valence-electron chi connectivity index (χ2n) is 5.49. The zero-order valence-electron chi connectivity index (χ0n) is 13.1. The van der Waals surface area contributed by atoms with Crippen LogP contribution in [0.1, 0.15) is 11.6 Å². The van der Waals surface area contributed by atoms with E-state index in [0.717, 1.165) is 12.1 Å². The molecule has 0 bridgehead atoms. The third-order valence-corrected chi connectivity index (χ3v) is 4.87. The fraction of sp³-hybridized carbons (Fsp3) is 0.250. The van der Waals surface area contributed by atoms with Gasteiger partial charge in [-0.2, -0.15) is 0 Å². The molecule has 2 rings (SSSR count). The highest BCUT2D eigenvalue weighted by Gasteiger charge is 2.21. The average Bonchev–Trinajstić information content (AvgIpc) is 2.46. The van der Waals surface area contributed by atoms with Gasteiger partial charge in [-0.05, 0) is 43.9 Å². The van der Waals surface area contributed by atoms with Gasteiger partial charge >= 0.3 is 0 Å². The third-order valence-electron chi connectivity index (χ3n) is 3.47. The number of rotatable bonds is 6. The molecule has 0 radical (unpaired) electrons. The van der Waals surface area contributed by atoms with Gasteiger partial charge in [0, 0.05) is 18.7 Å². The van der Waals surface area contributed by atoms with Crippen LogP contribution in [0.15, 0.2) is 47.4 Å². The van der Waals surface area contributed by atoms with Crippen LogP contribution < -0.4 is 4.72 Å². The van der Waals surface area contributed by atoms with E-state index in [0.29, 0.717) is 11.6 Å². The van der Waals surface area contributed by atoms with Crippen LogP contribution in [0.2, 0.25) is 0 Å². The molecule has 0 saturated carbocycles. The molecular weight excluding hydrogens is 341 g/mol. The van der Waals surface area contributed by atoms with E-state index in [-0.39, 0.29) is 6.54 Å². The second-order valence-corrected chi connectivity index (χ2v) is 7.26. The number of sulfonamides is 1. The Morgan fingerprint density at radius 1 is 1.00 bits per heavy atom. The summed E-state index contributed by atoms with van der Waals surface area (Å²) in [5.41, 5.74) is 0.577. The maximum Gasteiger partial charge on any atom is 0.240 e. The van der Waals surface area contributed by atoms with Gasteiger partial charge in [0.25, 0.3) is 0 Å². The molecule has 0 saturated heterocycles. The summed E-state index contributed by atoms with van der Waals surface area (Å²) in [5.74, 6) is -2.40. The summed E-state index contributed by atoms with van der Waals surface area (Å²) >= 11 is 0. The van der Waals surface area contributed by atoms with Crippen molar-refractivity contribution in [3.8, 4) is 0 Å². The van der Waals surface area contributed by atoms with Crippen molar-refractivity contribution in [3.05, 3.63) is 65.5 Å². The minimum absolute atomic E-state index is 0.0864. The van der Waals surface area contributed by atoms with E-state index in [4.69, 9.17) is 0 Å². The number of nitrogens with one attached hydrogen (secondary N) is 1. The van der Waals surface area contributed by atoms with Gasteiger partial charge in [-0.3, -0.25) is 0 Å². The lowest BCUT2D eigenvalue weighted by Gasteiger charge is -2.25. The average molecular weight is 358 g/mol. The van der Waals surface area contributed by atoms with Crippen LogP contribution >= 0.6 is 0 Å². The molecule has 0 spiro atoms. The summed E-state index contributed by atoms with van der Waals surface area (Å²) in [4.78, 5) is 1.21. The van der Waals surface area contributed by atoms with Crippen molar-refractivity contribution < 1.29 is 21.6 Å². The molecule has 0 aliphatic heterocycles. The molecular formula is C16H17F3N2O2S. The predicted octanol–water partition coefficient (Wildman–Crippen LogP) is 2.69. The number of hydrogen-bond acceptors (Lipinski definition) is 3. The summed E-state index contributed by atoms with van der Waals surface area (Å²) in [6.45, 7) is -0.0864. The quantitative estimate of drug-likeness (QED) is 0.864. The molecule has 1 N–H and O–H groups in total. The molecule has 2 aromatic rings. The Bertz CT molecular complexity index is 806. The maximum atomic E-state index is 13.4. The van der Waals surface area contributed by atoms with E-state index in [2.05, 4.69) is 4.72 Å². The minimum Gasteiger partial charge on any atom is -0.301 e. The molecule has 0 fully saturated rings. The Morgan fingerprint density at radius 2 is 1.62 bits per heavy atom. The largest absolute Gasteiger partial charge is 0.301 e. The van der Waals surface area contributed by atoms with E-state index in [9.17, 15) is 21.6 Å². The van der Waals surface area contributed by atoms with Gasteiger partial charge in [-0.15, -0.1) is 0 Å². The first-order valence-corrected chi connectivity index (χ1v) is 8.55. The Labute approximate surface area is 139 Å². The summed E-state index contributed by atoms with van der Waals surface area (Å²) in [7, 11) is -0.674. The molecule has 0 unspecified atom stereocenters. The highest BCUT2D eigenvalue weighted by Crippen LogP contribution is 2.20. The standard InChI is InChI=1S/C16H17F3N2O2S/c1-21(2)16(11-4-3-5-12(17)6-11)10-20-24(22,23)15-8-13(18)7-14(19)9-15/h3-9,16,20H,10H2,1-2H3/t16-/m0/s1. The monoisotopic (exact) mass is 358 g/mol. The van der Waals surface area contributed by atoms with Crippen molar-refractivity contribution in [1.82, 2.24) is 9.62 Å². The number of hydrogen-bond donors (Lipinski definition) is 1. The minimum atomic E-state index is -4.10. The number of likely N-dealkylation sites (N-methyl/N-ethyl adjacent to an activating group) is 1. The van der Waals surface area contributed by atoms with Crippen LogP contribution in [0.4, 0.5) is 13.2 Å². The number of halogens is 3. The van der Waals surface area contributed by atoms with Crippen molar-refractivity contribution in [3.63, 3.8) is 0 Å². The normalized spacial score (nSPS) is 13.2. The van der Waals surface area contributed by atoms with Crippen LogP contribution in [0.5, 0.6) is 0 Å². The Balaban J connectivity index is 2.22. The molecule has 130 valence electrons. The van der Waals surface area contributed by atoms with Gasteiger partial charge < -0.3 is 4.90 Å². The first kappa shape index (κ1) is 18.4. The summed E-state index contributed by atoms with van der Waals surface area (Å²) < 4.78 is 66.6. The molecule has 4 nitrogen and oxygen atoms in total. The van der Waals surface area contributed by atoms with Crippen molar-refractivity contribution in [2.75, 3.05) is 20.6 Å². The zero-order chi connectivity index (χ0) is 17.9. The lowest BCUT2D eigenvalue weighted by atomic mass is 10.1. The molecule has 8 heteroatoms. The molecule has 0 aliphatic carbocycles. The van der Waals surface area contributed by atoms with E-state index >= 15 is 0 Å². The molecule has 2 aromatic carbocycles. The molecule has 0 aromatic heterocycles. The zero-order valence-corrected chi connectivity index (χ0v) is 13.9. The van der Waals surface area contributed by atoms with Gasteiger partial charge in [0.05, 0.1) is 4.90 Å². The van der Waals surface area contributed by atoms with E-state index in [1.54, 1.807) is 25.1 Å². The van der Waals surface area contributed by atoms with Crippen molar-refractivity contribution >= 4 is 10.0 Å². The van der Waals surface area contributed by atoms with Crippen LogP contribution in [-0.2, 0) is 10.0 Å². The fourth-order valence-electron chi connectivity index (χ4n) is 2.27. The van der Waals surface area contributed by atoms with Crippen molar-refractivity contribution in [1.29, 1.82) is 0 Å². The van der Waals surface area contributed by atoms with E-state index < -0.39 is 38.4 Å². The first-order chi connectivity index (χ1) is 11.2. The van der Waals surface area contributed by atoms with Gasteiger partial charge in [-0.1, -0.05) is 12.1 Å². The van der Waals surface area contributed by atoms with Crippen LogP contribution in [0.25, 0.3) is 0 Å². The van der Waals surface area contributed by atoms with Gasteiger partial charge in [0.1, 0.15) is 17.5 Å². The van der Waals surface area contributed by atoms with E-state index in [1.807, 2.05) is 0 Å². The summed E-state index contributed by atoms with van der Waals surface area (Å²) in [6, 6.07) is 7.40. The summed E-state index contributed by atoms with van der Waals surface area (Å²) in [5, 5.41) is 0. The Hall–Kier alpha value is -1.90. The van der Waals surface area contributed by atoms with Gasteiger partial charge in [0.2, 0.25) is 10.0 Å². The maximum absolute atomic E-state index is 13.4. The molecule has 0 aliphatic rings. The second kappa shape index (κ2) is 7.33. The van der Waals surface area contributed by atoms with Crippen molar-refractivity contribution in [2.24, 2.45) is 0 Å². The molecule has 24 heavy (non-hydrogen) atoms. The van der Waals surface area contributed by atoms with Crippen LogP contribution in [0.3, 0.4) is 0 Å². The molecule has 1 atom stereocenters. The van der Waals surface area contributed by atoms with Crippen molar-refractivity contribution in [2.45, 2.75) is 10.9 Å². The Morgan fingerprint density at radius 3 is 2.17 bits per heavy atom. The SMILES string of the molecule is CN(C)[C@@H](CNS(=O)(=O)c1cc(F)cc(F)c1)c1cccc(F)c1. The van der Waals surface area contributed by atoms with Crippen LogP contribution in [-0.4, -0.2) is 34.0 Å². The lowest BCUT2D eigenvalue weighted by Crippen LogP contribution is -2.34. The first-order valence-electron chi connectivity index (χ1n) is 7.07. The lowest BCUT2D eigenvalue weighted by molar-refractivity contribution is 0.298. The van der Waals surface area contributed by atoms with E-state index in [1.165, 1.54) is 18.2 Å². The highest BCUT2D eigenvalue weighted by atomic mass is 32.2. The number of nitrogens with zero attached hydrogens (tertiary/aromatic N) is 1. The smallest absolute Gasteiger partial charge is 0.240 e.